The lowest BCUT2D eigenvalue weighted by Gasteiger charge is -2.15. The Morgan fingerprint density at radius 3 is 2.45 bits per heavy atom. The zero-order valence-electron chi connectivity index (χ0n) is 11.1. The molecule has 2 rings (SSSR count). The van der Waals surface area contributed by atoms with Crippen molar-refractivity contribution >= 4 is 37.3 Å². The lowest BCUT2D eigenvalue weighted by atomic mass is 10.1. The first-order valence-corrected chi connectivity index (χ1v) is 9.31. The minimum atomic E-state index is -3.35. The number of aryl methyl sites for hydroxylation is 1. The van der Waals surface area contributed by atoms with Crippen molar-refractivity contribution in [1.29, 1.82) is 0 Å². The molecule has 1 aromatic carbocycles. The molecule has 0 atom stereocenters. The van der Waals surface area contributed by atoms with Gasteiger partial charge in [-0.25, -0.2) is 12.7 Å². The van der Waals surface area contributed by atoms with Crippen molar-refractivity contribution in [2.45, 2.75) is 17.1 Å². The number of benzene rings is 1. The normalized spacial score (nSPS) is 11.9. The summed E-state index contributed by atoms with van der Waals surface area (Å²) >= 11 is 4.53. The van der Waals surface area contributed by atoms with E-state index in [1.54, 1.807) is 19.2 Å². The van der Waals surface area contributed by atoms with E-state index in [0.29, 0.717) is 10.8 Å². The molecule has 0 fully saturated rings. The highest BCUT2D eigenvalue weighted by Gasteiger charge is 2.22. The molecule has 0 unspecified atom stereocenters. The summed E-state index contributed by atoms with van der Waals surface area (Å²) in [5.41, 5.74) is 1.23. The fraction of sp³-hybridized carbons (Fsp3) is 0.286. The van der Waals surface area contributed by atoms with Crippen LogP contribution in [0.2, 0.25) is 0 Å². The van der Waals surface area contributed by atoms with Crippen LogP contribution in [0.25, 0.3) is 0 Å². The van der Waals surface area contributed by atoms with E-state index in [1.165, 1.54) is 21.2 Å². The fourth-order valence-corrected chi connectivity index (χ4v) is 5.29. The van der Waals surface area contributed by atoms with Gasteiger partial charge in [-0.2, -0.15) is 0 Å². The minimum Gasteiger partial charge on any atom is -0.206 e. The lowest BCUT2D eigenvalue weighted by Crippen LogP contribution is -2.27. The molecule has 3 nitrogen and oxygen atoms in total. The number of hydrogen-bond acceptors (Lipinski definition) is 3. The molecule has 0 bridgehead atoms. The smallest absolute Gasteiger partial charge is 0.206 e. The maximum absolute atomic E-state index is 12.3. The second kappa shape index (κ2) is 6.85. The van der Waals surface area contributed by atoms with Crippen molar-refractivity contribution in [2.24, 2.45) is 0 Å². The SMILES string of the molecule is CN(CCCc1ccccc1)S(=O)(=O)c1ccc(Br)s1. The van der Waals surface area contributed by atoms with Crippen molar-refractivity contribution in [1.82, 2.24) is 4.31 Å². The second-order valence-corrected chi connectivity index (χ2v) is 9.21. The van der Waals surface area contributed by atoms with Gasteiger partial charge in [-0.1, -0.05) is 30.3 Å². The van der Waals surface area contributed by atoms with Gasteiger partial charge in [0.05, 0.1) is 3.79 Å². The van der Waals surface area contributed by atoms with Gasteiger partial charge >= 0.3 is 0 Å². The van der Waals surface area contributed by atoms with Crippen LogP contribution in [0.15, 0.2) is 50.5 Å². The molecule has 1 heterocycles. The Labute approximate surface area is 132 Å². The topological polar surface area (TPSA) is 37.4 Å². The molecule has 20 heavy (non-hydrogen) atoms. The third-order valence-electron chi connectivity index (χ3n) is 2.99. The summed E-state index contributed by atoms with van der Waals surface area (Å²) in [5.74, 6) is 0. The van der Waals surface area contributed by atoms with Crippen LogP contribution in [-0.2, 0) is 16.4 Å². The van der Waals surface area contributed by atoms with Crippen molar-refractivity contribution < 1.29 is 8.42 Å². The molecule has 0 aliphatic carbocycles. The zero-order valence-corrected chi connectivity index (χ0v) is 14.3. The molecule has 0 aliphatic rings. The van der Waals surface area contributed by atoms with E-state index in [9.17, 15) is 8.42 Å². The van der Waals surface area contributed by atoms with Gasteiger partial charge in [0.15, 0.2) is 0 Å². The highest BCUT2D eigenvalue weighted by Crippen LogP contribution is 2.28. The van der Waals surface area contributed by atoms with Crippen molar-refractivity contribution in [3.63, 3.8) is 0 Å². The average molecular weight is 374 g/mol. The van der Waals surface area contributed by atoms with Crippen LogP contribution in [0, 0.1) is 0 Å². The molecule has 0 saturated carbocycles. The first-order chi connectivity index (χ1) is 9.50. The van der Waals surface area contributed by atoms with Gasteiger partial charge in [0.1, 0.15) is 4.21 Å². The largest absolute Gasteiger partial charge is 0.252 e. The van der Waals surface area contributed by atoms with E-state index in [2.05, 4.69) is 28.1 Å². The van der Waals surface area contributed by atoms with Gasteiger partial charge in [-0.3, -0.25) is 0 Å². The number of halogens is 1. The van der Waals surface area contributed by atoms with E-state index >= 15 is 0 Å². The Balaban J connectivity index is 1.93. The van der Waals surface area contributed by atoms with Crippen LogP contribution < -0.4 is 0 Å². The van der Waals surface area contributed by atoms with Crippen LogP contribution >= 0.6 is 27.3 Å². The quantitative estimate of drug-likeness (QED) is 0.772. The maximum atomic E-state index is 12.3. The number of thiophene rings is 1. The molecule has 0 radical (unpaired) electrons. The fourth-order valence-electron chi connectivity index (χ4n) is 1.86. The van der Waals surface area contributed by atoms with Crippen LogP contribution in [-0.4, -0.2) is 26.3 Å². The molecule has 0 N–H and O–H groups in total. The minimum absolute atomic E-state index is 0.381. The summed E-state index contributed by atoms with van der Waals surface area (Å²) in [6.45, 7) is 0.521. The summed E-state index contributed by atoms with van der Waals surface area (Å²) in [5, 5.41) is 0. The molecular formula is C14H16BrNO2S2. The third kappa shape index (κ3) is 3.91. The summed E-state index contributed by atoms with van der Waals surface area (Å²) in [6, 6.07) is 13.5. The standard InChI is InChI=1S/C14H16BrNO2S2/c1-16(11-5-8-12-6-3-2-4-7-12)20(17,18)14-10-9-13(15)19-14/h2-4,6-7,9-10H,5,8,11H2,1H3. The number of nitrogens with zero attached hydrogens (tertiary/aromatic N) is 1. The first-order valence-electron chi connectivity index (χ1n) is 6.26. The molecule has 0 saturated heterocycles. The van der Waals surface area contributed by atoms with Crippen LogP contribution in [0.5, 0.6) is 0 Å². The molecular weight excluding hydrogens is 358 g/mol. The Bertz CT molecular complexity index is 653. The second-order valence-electron chi connectivity index (χ2n) is 4.47. The molecule has 1 aromatic heterocycles. The Morgan fingerprint density at radius 1 is 1.15 bits per heavy atom. The Hall–Kier alpha value is -0.690. The lowest BCUT2D eigenvalue weighted by molar-refractivity contribution is 0.463. The number of rotatable bonds is 6. The van der Waals surface area contributed by atoms with Gasteiger partial charge in [0.2, 0.25) is 0 Å². The van der Waals surface area contributed by atoms with E-state index in [1.807, 2.05) is 18.2 Å². The van der Waals surface area contributed by atoms with Gasteiger partial charge in [0, 0.05) is 13.6 Å². The highest BCUT2D eigenvalue weighted by molar-refractivity contribution is 9.11. The van der Waals surface area contributed by atoms with E-state index < -0.39 is 10.0 Å². The average Bonchev–Trinajstić information content (AvgIpc) is 2.87. The van der Waals surface area contributed by atoms with Gasteiger partial charge < -0.3 is 0 Å². The molecule has 0 spiro atoms. The molecule has 108 valence electrons. The van der Waals surface area contributed by atoms with E-state index in [0.717, 1.165) is 16.6 Å². The van der Waals surface area contributed by atoms with Crippen LogP contribution in [0.4, 0.5) is 0 Å². The van der Waals surface area contributed by atoms with E-state index in [-0.39, 0.29) is 0 Å². The predicted molar refractivity (Wildman–Crippen MR) is 86.6 cm³/mol. The Kier molecular flexibility index (Phi) is 5.37. The van der Waals surface area contributed by atoms with Crippen molar-refractivity contribution in [3.05, 3.63) is 51.8 Å². The highest BCUT2D eigenvalue weighted by atomic mass is 79.9. The summed E-state index contributed by atoms with van der Waals surface area (Å²) in [4.78, 5) is 0. The number of sulfonamides is 1. The molecule has 2 aromatic rings. The van der Waals surface area contributed by atoms with Crippen LogP contribution in [0.3, 0.4) is 0 Å². The number of hydrogen-bond donors (Lipinski definition) is 0. The van der Waals surface area contributed by atoms with E-state index in [4.69, 9.17) is 0 Å². The van der Waals surface area contributed by atoms with Gasteiger partial charge in [0.25, 0.3) is 10.0 Å². The summed E-state index contributed by atoms with van der Waals surface area (Å²) in [6.07, 6.45) is 1.70. The maximum Gasteiger partial charge on any atom is 0.252 e. The monoisotopic (exact) mass is 373 g/mol. The first kappa shape index (κ1) is 15.7. The summed E-state index contributed by atoms with van der Waals surface area (Å²) in [7, 11) is -1.72. The third-order valence-corrected chi connectivity index (χ3v) is 6.94. The molecule has 0 amide bonds. The van der Waals surface area contributed by atoms with Crippen molar-refractivity contribution in [2.75, 3.05) is 13.6 Å². The Morgan fingerprint density at radius 2 is 1.85 bits per heavy atom. The van der Waals surface area contributed by atoms with Crippen molar-refractivity contribution in [3.8, 4) is 0 Å². The zero-order chi connectivity index (χ0) is 14.6. The predicted octanol–water partition coefficient (Wildman–Crippen LogP) is 3.76. The molecule has 6 heteroatoms. The van der Waals surface area contributed by atoms with Gasteiger partial charge in [-0.05, 0) is 46.5 Å². The summed E-state index contributed by atoms with van der Waals surface area (Å²) < 4.78 is 27.2. The van der Waals surface area contributed by atoms with Crippen LogP contribution in [0.1, 0.15) is 12.0 Å². The molecule has 0 aliphatic heterocycles. The van der Waals surface area contributed by atoms with Gasteiger partial charge in [-0.15, -0.1) is 11.3 Å².